The summed E-state index contributed by atoms with van der Waals surface area (Å²) in [5.74, 6) is -0.436. The van der Waals surface area contributed by atoms with Gasteiger partial charge in [0.1, 0.15) is 11.0 Å². The van der Waals surface area contributed by atoms with Crippen LogP contribution in [0.5, 0.6) is 0 Å². The topological polar surface area (TPSA) is 53.4 Å². The molecule has 0 radical (unpaired) electrons. The van der Waals surface area contributed by atoms with Gasteiger partial charge in [0.05, 0.1) is 5.56 Å². The van der Waals surface area contributed by atoms with Crippen molar-refractivity contribution in [2.24, 2.45) is 0 Å². The molecule has 0 aliphatic rings. The van der Waals surface area contributed by atoms with E-state index in [4.69, 9.17) is 16.7 Å². The molecule has 0 bridgehead atoms. The summed E-state index contributed by atoms with van der Waals surface area (Å²) in [6.07, 6.45) is 3.70. The highest BCUT2D eigenvalue weighted by Crippen LogP contribution is 2.17. The van der Waals surface area contributed by atoms with Crippen LogP contribution in [-0.2, 0) is 0 Å². The molecule has 0 amide bonds. The van der Waals surface area contributed by atoms with Crippen LogP contribution in [0, 0.1) is 0 Å². The Kier molecular flexibility index (Phi) is 4.97. The summed E-state index contributed by atoms with van der Waals surface area (Å²) in [6.45, 7) is 4.42. The molecule has 1 aromatic heterocycles. The van der Waals surface area contributed by atoms with Gasteiger partial charge in [-0.1, -0.05) is 17.7 Å². The molecule has 1 rings (SSSR count). The average Bonchev–Trinajstić information content (AvgIpc) is 2.28. The SMILES string of the molecule is C=CCCCN(C)c1cc(C(=O)O)cc(Cl)n1. The van der Waals surface area contributed by atoms with Crippen LogP contribution >= 0.6 is 11.6 Å². The van der Waals surface area contributed by atoms with Gasteiger partial charge in [-0.25, -0.2) is 9.78 Å². The van der Waals surface area contributed by atoms with Crippen LogP contribution in [0.3, 0.4) is 0 Å². The Morgan fingerprint density at radius 1 is 1.65 bits per heavy atom. The molecule has 92 valence electrons. The van der Waals surface area contributed by atoms with Gasteiger partial charge in [0, 0.05) is 13.6 Å². The van der Waals surface area contributed by atoms with Gasteiger partial charge in [-0.05, 0) is 25.0 Å². The Morgan fingerprint density at radius 2 is 2.35 bits per heavy atom. The fraction of sp³-hybridized carbons (Fsp3) is 0.333. The first-order valence-electron chi connectivity index (χ1n) is 5.27. The number of carboxylic acid groups (broad SMARTS) is 1. The van der Waals surface area contributed by atoms with E-state index in [1.54, 1.807) is 0 Å². The number of aromatic nitrogens is 1. The van der Waals surface area contributed by atoms with Crippen LogP contribution in [-0.4, -0.2) is 29.7 Å². The third kappa shape index (κ3) is 4.07. The van der Waals surface area contributed by atoms with Gasteiger partial charge in [-0.3, -0.25) is 0 Å². The molecule has 0 aliphatic heterocycles. The Hall–Kier alpha value is -1.55. The number of carbonyl (C=O) groups is 1. The second-order valence-electron chi connectivity index (χ2n) is 3.69. The molecule has 5 heteroatoms. The van der Waals surface area contributed by atoms with Gasteiger partial charge >= 0.3 is 5.97 Å². The Bertz CT molecular complexity index is 421. The normalized spacial score (nSPS) is 10.0. The summed E-state index contributed by atoms with van der Waals surface area (Å²) in [6, 6.07) is 2.85. The van der Waals surface area contributed by atoms with Crippen molar-refractivity contribution in [3.05, 3.63) is 35.5 Å². The lowest BCUT2D eigenvalue weighted by Gasteiger charge is -2.18. The highest BCUT2D eigenvalue weighted by atomic mass is 35.5. The highest BCUT2D eigenvalue weighted by molar-refractivity contribution is 6.29. The zero-order chi connectivity index (χ0) is 12.8. The molecule has 0 fully saturated rings. The molecule has 0 unspecified atom stereocenters. The van der Waals surface area contributed by atoms with Crippen LogP contribution in [0.1, 0.15) is 23.2 Å². The van der Waals surface area contributed by atoms with Gasteiger partial charge in [0.15, 0.2) is 0 Å². The highest BCUT2D eigenvalue weighted by Gasteiger charge is 2.10. The number of carboxylic acids is 1. The molecule has 1 aromatic rings. The third-order valence-corrected chi connectivity index (χ3v) is 2.51. The minimum absolute atomic E-state index is 0.149. The third-order valence-electron chi connectivity index (χ3n) is 2.32. The molecule has 1 N–H and O–H groups in total. The van der Waals surface area contributed by atoms with Crippen molar-refractivity contribution >= 4 is 23.4 Å². The van der Waals surface area contributed by atoms with E-state index in [9.17, 15) is 4.79 Å². The number of anilines is 1. The molecular weight excluding hydrogens is 240 g/mol. The lowest BCUT2D eigenvalue weighted by atomic mass is 10.2. The lowest BCUT2D eigenvalue weighted by Crippen LogP contribution is -2.20. The van der Waals surface area contributed by atoms with E-state index in [0.29, 0.717) is 5.82 Å². The Balaban J connectivity index is 2.82. The summed E-state index contributed by atoms with van der Waals surface area (Å²) in [7, 11) is 1.85. The number of hydrogen-bond donors (Lipinski definition) is 1. The molecule has 4 nitrogen and oxygen atoms in total. The number of unbranched alkanes of at least 4 members (excludes halogenated alkanes) is 1. The summed E-state index contributed by atoms with van der Waals surface area (Å²) in [4.78, 5) is 16.8. The van der Waals surface area contributed by atoms with Gasteiger partial charge in [-0.15, -0.1) is 6.58 Å². The van der Waals surface area contributed by atoms with Crippen molar-refractivity contribution in [3.8, 4) is 0 Å². The van der Waals surface area contributed by atoms with Crippen molar-refractivity contribution in [1.29, 1.82) is 0 Å². The van der Waals surface area contributed by atoms with Crippen LogP contribution in [0.25, 0.3) is 0 Å². The average molecular weight is 255 g/mol. The maximum atomic E-state index is 10.9. The van der Waals surface area contributed by atoms with E-state index in [2.05, 4.69) is 11.6 Å². The van der Waals surface area contributed by atoms with Crippen molar-refractivity contribution < 1.29 is 9.90 Å². The number of nitrogens with zero attached hydrogens (tertiary/aromatic N) is 2. The van der Waals surface area contributed by atoms with Crippen LogP contribution < -0.4 is 4.90 Å². The zero-order valence-electron chi connectivity index (χ0n) is 9.69. The number of allylic oxidation sites excluding steroid dienone is 1. The predicted molar refractivity (Wildman–Crippen MR) is 68.9 cm³/mol. The summed E-state index contributed by atoms with van der Waals surface area (Å²) in [5, 5.41) is 9.10. The molecule has 17 heavy (non-hydrogen) atoms. The number of halogens is 1. The molecule has 0 aliphatic carbocycles. The van der Waals surface area contributed by atoms with E-state index in [-0.39, 0.29) is 10.7 Å². The second-order valence-corrected chi connectivity index (χ2v) is 4.08. The fourth-order valence-electron chi connectivity index (χ4n) is 1.39. The van der Waals surface area contributed by atoms with Crippen molar-refractivity contribution in [2.45, 2.75) is 12.8 Å². The van der Waals surface area contributed by atoms with Crippen molar-refractivity contribution in [1.82, 2.24) is 4.98 Å². The quantitative estimate of drug-likeness (QED) is 0.482. The van der Waals surface area contributed by atoms with E-state index >= 15 is 0 Å². The summed E-state index contributed by atoms with van der Waals surface area (Å²) >= 11 is 5.78. The first kappa shape index (κ1) is 13.5. The summed E-state index contributed by atoms with van der Waals surface area (Å²) in [5.41, 5.74) is 0.149. The van der Waals surface area contributed by atoms with Crippen LogP contribution in [0.4, 0.5) is 5.82 Å². The first-order valence-corrected chi connectivity index (χ1v) is 5.65. The Labute approximate surface area is 106 Å². The Morgan fingerprint density at radius 3 is 2.94 bits per heavy atom. The predicted octanol–water partition coefficient (Wildman–Crippen LogP) is 2.84. The molecule has 0 spiro atoms. The van der Waals surface area contributed by atoms with Crippen LogP contribution in [0.15, 0.2) is 24.8 Å². The van der Waals surface area contributed by atoms with Gasteiger partial charge in [0.2, 0.25) is 0 Å². The molecule has 0 saturated carbocycles. The fourth-order valence-corrected chi connectivity index (χ4v) is 1.59. The molecule has 0 saturated heterocycles. The largest absolute Gasteiger partial charge is 0.478 e. The van der Waals surface area contributed by atoms with E-state index < -0.39 is 5.97 Å². The number of pyridine rings is 1. The first-order chi connectivity index (χ1) is 8.04. The lowest BCUT2D eigenvalue weighted by molar-refractivity contribution is 0.0697. The van der Waals surface area contributed by atoms with Crippen LogP contribution in [0.2, 0.25) is 5.15 Å². The van der Waals surface area contributed by atoms with E-state index in [0.717, 1.165) is 19.4 Å². The zero-order valence-corrected chi connectivity index (χ0v) is 10.4. The van der Waals surface area contributed by atoms with Gasteiger partial charge in [0.25, 0.3) is 0 Å². The molecular formula is C12H15ClN2O2. The van der Waals surface area contributed by atoms with Gasteiger partial charge in [-0.2, -0.15) is 0 Å². The monoisotopic (exact) mass is 254 g/mol. The number of aromatic carboxylic acids is 1. The molecule has 1 heterocycles. The minimum Gasteiger partial charge on any atom is -0.478 e. The smallest absolute Gasteiger partial charge is 0.335 e. The number of hydrogen-bond acceptors (Lipinski definition) is 3. The van der Waals surface area contributed by atoms with E-state index in [1.165, 1.54) is 12.1 Å². The van der Waals surface area contributed by atoms with Crippen molar-refractivity contribution in [2.75, 3.05) is 18.5 Å². The maximum Gasteiger partial charge on any atom is 0.335 e. The summed E-state index contributed by atoms with van der Waals surface area (Å²) < 4.78 is 0. The van der Waals surface area contributed by atoms with E-state index in [1.807, 2.05) is 18.0 Å². The van der Waals surface area contributed by atoms with Gasteiger partial charge < -0.3 is 10.0 Å². The molecule has 0 aromatic carbocycles. The number of rotatable bonds is 6. The van der Waals surface area contributed by atoms with Crippen molar-refractivity contribution in [3.63, 3.8) is 0 Å². The second kappa shape index (κ2) is 6.25. The minimum atomic E-state index is -1.00. The standard InChI is InChI=1S/C12H15ClN2O2/c1-3-4-5-6-15(2)11-8-9(12(16)17)7-10(13)14-11/h3,7-8H,1,4-6H2,2H3,(H,16,17). The maximum absolute atomic E-state index is 10.9. The molecule has 0 atom stereocenters.